The van der Waals surface area contributed by atoms with E-state index in [1.807, 2.05) is 12.1 Å². The predicted octanol–water partition coefficient (Wildman–Crippen LogP) is 2.42. The number of benzene rings is 1. The molecule has 0 saturated carbocycles. The second-order valence-electron chi connectivity index (χ2n) is 5.50. The van der Waals surface area contributed by atoms with Gasteiger partial charge in [-0.25, -0.2) is 8.42 Å². The van der Waals surface area contributed by atoms with Crippen molar-refractivity contribution in [3.8, 4) is 0 Å². The van der Waals surface area contributed by atoms with Crippen LogP contribution in [-0.2, 0) is 16.3 Å². The van der Waals surface area contributed by atoms with E-state index in [1.54, 1.807) is 0 Å². The molecule has 1 aromatic rings. The average molecular weight is 437 g/mol. The first-order valence-corrected chi connectivity index (χ1v) is 9.17. The maximum absolute atomic E-state index is 11.4. The van der Waals surface area contributed by atoms with Crippen LogP contribution in [0.3, 0.4) is 0 Å². The smallest absolute Gasteiger partial charge is 0.193 e. The number of rotatable bonds is 4. The molecule has 1 aliphatic rings. The highest BCUT2D eigenvalue weighted by Gasteiger charge is 2.23. The Morgan fingerprint density at radius 2 is 2.05 bits per heavy atom. The largest absolute Gasteiger partial charge is 0.370 e. The number of nitrogens with zero attached hydrogens (tertiary/aromatic N) is 1. The molecule has 0 amide bonds. The zero-order valence-electron chi connectivity index (χ0n) is 12.8. The van der Waals surface area contributed by atoms with Gasteiger partial charge in [-0.2, -0.15) is 0 Å². The van der Waals surface area contributed by atoms with Gasteiger partial charge in [-0.1, -0.05) is 19.1 Å². The Hall–Kier alpha value is -0.830. The van der Waals surface area contributed by atoms with E-state index in [0.717, 1.165) is 12.1 Å². The van der Waals surface area contributed by atoms with Gasteiger partial charge in [0.25, 0.3) is 0 Å². The number of guanidine groups is 1. The van der Waals surface area contributed by atoms with Crippen molar-refractivity contribution in [2.75, 3.05) is 23.4 Å². The van der Waals surface area contributed by atoms with Crippen molar-refractivity contribution in [3.63, 3.8) is 0 Å². The molecular formula is C15H24IN3O2S. The summed E-state index contributed by atoms with van der Waals surface area (Å²) in [7, 11) is -2.81. The molecule has 1 aliphatic heterocycles. The van der Waals surface area contributed by atoms with Crippen LogP contribution >= 0.6 is 24.0 Å². The van der Waals surface area contributed by atoms with Crippen molar-refractivity contribution in [1.29, 1.82) is 0 Å². The lowest BCUT2D eigenvalue weighted by Gasteiger charge is -2.20. The second kappa shape index (κ2) is 8.71. The van der Waals surface area contributed by atoms with Crippen LogP contribution in [0.5, 0.6) is 0 Å². The van der Waals surface area contributed by atoms with Gasteiger partial charge in [-0.3, -0.25) is 4.99 Å². The molecule has 0 aliphatic carbocycles. The Kier molecular flexibility index (Phi) is 7.61. The van der Waals surface area contributed by atoms with Crippen molar-refractivity contribution < 1.29 is 8.42 Å². The van der Waals surface area contributed by atoms with Gasteiger partial charge >= 0.3 is 0 Å². The Bertz CT molecular complexity index is 603. The van der Waals surface area contributed by atoms with Crippen molar-refractivity contribution in [3.05, 3.63) is 29.8 Å². The molecule has 1 heterocycles. The third kappa shape index (κ3) is 6.12. The van der Waals surface area contributed by atoms with Gasteiger partial charge in [0.15, 0.2) is 5.96 Å². The molecular weight excluding hydrogens is 413 g/mol. The lowest BCUT2D eigenvalue weighted by atomic mass is 10.0. The molecule has 0 unspecified atom stereocenters. The maximum atomic E-state index is 11.4. The third-order valence-electron chi connectivity index (χ3n) is 3.80. The molecule has 0 radical (unpaired) electrons. The number of aliphatic imine (C=N–C) groups is 1. The normalized spacial score (nSPS) is 18.5. The monoisotopic (exact) mass is 437 g/mol. The van der Waals surface area contributed by atoms with Crippen LogP contribution in [0.25, 0.3) is 0 Å². The Balaban J connectivity index is 0.00000242. The highest BCUT2D eigenvalue weighted by atomic mass is 127. The van der Waals surface area contributed by atoms with Gasteiger partial charge in [0.1, 0.15) is 9.84 Å². The number of nitrogens with two attached hydrogens (primary N) is 1. The van der Waals surface area contributed by atoms with Gasteiger partial charge in [0.05, 0.1) is 11.5 Å². The number of sulfone groups is 1. The van der Waals surface area contributed by atoms with E-state index in [2.05, 4.69) is 29.4 Å². The fourth-order valence-corrected chi connectivity index (χ4v) is 3.99. The van der Waals surface area contributed by atoms with Crippen molar-refractivity contribution in [1.82, 2.24) is 0 Å². The first-order valence-electron chi connectivity index (χ1n) is 7.35. The number of hydrogen-bond acceptors (Lipinski definition) is 3. The quantitative estimate of drug-likeness (QED) is 0.431. The van der Waals surface area contributed by atoms with Crippen molar-refractivity contribution in [2.45, 2.75) is 26.2 Å². The summed E-state index contributed by atoms with van der Waals surface area (Å²) in [5.74, 6) is 1.26. The van der Waals surface area contributed by atoms with Crippen LogP contribution in [0, 0.1) is 5.92 Å². The molecule has 1 saturated heterocycles. The summed E-state index contributed by atoms with van der Waals surface area (Å²) in [6.07, 6.45) is 2.35. The zero-order valence-corrected chi connectivity index (χ0v) is 15.9. The Morgan fingerprint density at radius 1 is 1.36 bits per heavy atom. The third-order valence-corrected chi connectivity index (χ3v) is 5.52. The molecule has 7 heteroatoms. The number of nitrogens with one attached hydrogen (secondary N) is 1. The fraction of sp³-hybridized carbons (Fsp3) is 0.533. The topological polar surface area (TPSA) is 84.5 Å². The number of aryl methyl sites for hydroxylation is 1. The lowest BCUT2D eigenvalue weighted by molar-refractivity contribution is 0.475. The van der Waals surface area contributed by atoms with Crippen LogP contribution in [-0.4, -0.2) is 32.4 Å². The van der Waals surface area contributed by atoms with Gasteiger partial charge < -0.3 is 11.1 Å². The zero-order chi connectivity index (χ0) is 15.3. The first kappa shape index (κ1) is 19.2. The lowest BCUT2D eigenvalue weighted by Crippen LogP contribution is -2.27. The minimum absolute atomic E-state index is 0. The molecule has 22 heavy (non-hydrogen) atoms. The predicted molar refractivity (Wildman–Crippen MR) is 103 cm³/mol. The molecule has 0 aromatic heterocycles. The van der Waals surface area contributed by atoms with Gasteiger partial charge in [-0.05, 0) is 42.9 Å². The molecule has 2 rings (SSSR count). The van der Waals surface area contributed by atoms with Gasteiger partial charge in [0, 0.05) is 12.2 Å². The summed E-state index contributed by atoms with van der Waals surface area (Å²) in [5.41, 5.74) is 8.06. The molecule has 0 atom stereocenters. The van der Waals surface area contributed by atoms with Crippen LogP contribution in [0.15, 0.2) is 29.3 Å². The summed E-state index contributed by atoms with van der Waals surface area (Å²) in [5, 5.41) is 3.08. The van der Waals surface area contributed by atoms with Crippen molar-refractivity contribution >= 4 is 45.5 Å². The van der Waals surface area contributed by atoms with E-state index in [1.165, 1.54) is 5.56 Å². The average Bonchev–Trinajstić information content (AvgIpc) is 2.46. The first-order chi connectivity index (χ1) is 9.98. The summed E-state index contributed by atoms with van der Waals surface area (Å²) in [4.78, 5) is 4.33. The van der Waals surface area contributed by atoms with Gasteiger partial charge in [0.2, 0.25) is 0 Å². The Labute approximate surface area is 149 Å². The molecule has 124 valence electrons. The number of anilines is 1. The van der Waals surface area contributed by atoms with E-state index >= 15 is 0 Å². The summed E-state index contributed by atoms with van der Waals surface area (Å²) in [6.45, 7) is 2.69. The van der Waals surface area contributed by atoms with Crippen molar-refractivity contribution in [2.24, 2.45) is 16.6 Å². The Morgan fingerprint density at radius 3 is 2.68 bits per heavy atom. The van der Waals surface area contributed by atoms with E-state index in [-0.39, 0.29) is 35.5 Å². The number of hydrogen-bond donors (Lipinski definition) is 2. The maximum Gasteiger partial charge on any atom is 0.193 e. The second-order valence-corrected chi connectivity index (χ2v) is 7.80. The van der Waals surface area contributed by atoms with E-state index in [4.69, 9.17) is 5.73 Å². The fourth-order valence-electron chi connectivity index (χ4n) is 2.41. The number of halogens is 1. The van der Waals surface area contributed by atoms with E-state index in [0.29, 0.717) is 31.3 Å². The summed E-state index contributed by atoms with van der Waals surface area (Å²) >= 11 is 0. The molecule has 3 N–H and O–H groups in total. The van der Waals surface area contributed by atoms with E-state index in [9.17, 15) is 8.42 Å². The summed E-state index contributed by atoms with van der Waals surface area (Å²) < 4.78 is 22.7. The summed E-state index contributed by atoms with van der Waals surface area (Å²) in [6, 6.07) is 8.06. The standard InChI is InChI=1S/C15H23N3O2S.HI/c1-2-12-4-3-5-14(10-12)18-15(16)17-11-13-6-8-21(19,20)9-7-13;/h3-5,10,13H,2,6-9,11H2,1H3,(H3,16,17,18);1H. The van der Waals surface area contributed by atoms with Crippen LogP contribution in [0.4, 0.5) is 5.69 Å². The van der Waals surface area contributed by atoms with Crippen LogP contribution in [0.2, 0.25) is 0 Å². The van der Waals surface area contributed by atoms with E-state index < -0.39 is 9.84 Å². The van der Waals surface area contributed by atoms with Gasteiger partial charge in [-0.15, -0.1) is 24.0 Å². The minimum atomic E-state index is -2.81. The highest BCUT2D eigenvalue weighted by molar-refractivity contribution is 14.0. The van der Waals surface area contributed by atoms with Crippen LogP contribution < -0.4 is 11.1 Å². The van der Waals surface area contributed by atoms with Crippen LogP contribution in [0.1, 0.15) is 25.3 Å². The molecule has 1 aromatic carbocycles. The molecule has 0 spiro atoms. The molecule has 1 fully saturated rings. The minimum Gasteiger partial charge on any atom is -0.370 e. The highest BCUT2D eigenvalue weighted by Crippen LogP contribution is 2.19. The SMILES string of the molecule is CCc1cccc(NC(N)=NCC2CCS(=O)(=O)CC2)c1.I. The molecule has 0 bridgehead atoms. The molecule has 5 nitrogen and oxygen atoms in total.